The molecule has 2 aromatic rings. The van der Waals surface area contributed by atoms with Crippen LogP contribution in [0.4, 0.5) is 4.79 Å². The van der Waals surface area contributed by atoms with Gasteiger partial charge in [-0.15, -0.1) is 11.3 Å². The predicted molar refractivity (Wildman–Crippen MR) is 86.1 cm³/mol. The molecule has 1 N–H and O–H groups in total. The number of rotatable bonds is 3. The van der Waals surface area contributed by atoms with E-state index in [1.54, 1.807) is 28.5 Å². The number of morpholine rings is 1. The number of nitrogens with zero attached hydrogens (tertiary/aromatic N) is 4. The zero-order valence-corrected chi connectivity index (χ0v) is 14.0. The summed E-state index contributed by atoms with van der Waals surface area (Å²) in [5.74, 6) is 0.697. The SMILES string of the molecule is Cc1csc(C2CN(C(=O)NCc3ccnc(C)n3)CCO2)n1. The molecule has 1 atom stereocenters. The number of aromatic nitrogens is 3. The van der Waals surface area contributed by atoms with Crippen molar-refractivity contribution < 1.29 is 9.53 Å². The number of aryl methyl sites for hydroxylation is 2. The minimum Gasteiger partial charge on any atom is -0.367 e. The van der Waals surface area contributed by atoms with Gasteiger partial charge in [0.1, 0.15) is 16.9 Å². The zero-order chi connectivity index (χ0) is 16.2. The smallest absolute Gasteiger partial charge is 0.317 e. The van der Waals surface area contributed by atoms with Gasteiger partial charge < -0.3 is 15.0 Å². The largest absolute Gasteiger partial charge is 0.367 e. The molecule has 1 aliphatic heterocycles. The summed E-state index contributed by atoms with van der Waals surface area (Å²) >= 11 is 1.57. The summed E-state index contributed by atoms with van der Waals surface area (Å²) in [6, 6.07) is 1.69. The van der Waals surface area contributed by atoms with Crippen molar-refractivity contribution in [2.75, 3.05) is 19.7 Å². The minimum atomic E-state index is -0.144. The van der Waals surface area contributed by atoms with Crippen LogP contribution >= 0.6 is 11.3 Å². The first-order valence-corrected chi connectivity index (χ1v) is 8.34. The first kappa shape index (κ1) is 15.8. The third-order valence-corrected chi connectivity index (χ3v) is 4.57. The van der Waals surface area contributed by atoms with Gasteiger partial charge in [0.2, 0.25) is 0 Å². The van der Waals surface area contributed by atoms with Gasteiger partial charge in [0.15, 0.2) is 0 Å². The molecule has 2 amide bonds. The van der Waals surface area contributed by atoms with E-state index in [1.165, 1.54) is 0 Å². The molecule has 2 aromatic heterocycles. The Morgan fingerprint density at radius 3 is 3.09 bits per heavy atom. The number of carbonyl (C=O) groups is 1. The summed E-state index contributed by atoms with van der Waals surface area (Å²) in [7, 11) is 0. The summed E-state index contributed by atoms with van der Waals surface area (Å²) in [6.07, 6.45) is 1.55. The van der Waals surface area contributed by atoms with E-state index in [1.807, 2.05) is 19.2 Å². The van der Waals surface area contributed by atoms with Gasteiger partial charge in [-0.1, -0.05) is 0 Å². The van der Waals surface area contributed by atoms with Crippen molar-refractivity contribution in [3.05, 3.63) is 39.9 Å². The van der Waals surface area contributed by atoms with E-state index in [0.717, 1.165) is 16.4 Å². The highest BCUT2D eigenvalue weighted by molar-refractivity contribution is 7.09. The second-order valence-corrected chi connectivity index (χ2v) is 6.28. The second kappa shape index (κ2) is 7.01. The van der Waals surface area contributed by atoms with E-state index in [-0.39, 0.29) is 12.1 Å². The number of nitrogens with one attached hydrogen (secondary N) is 1. The highest BCUT2D eigenvalue weighted by atomic mass is 32.1. The first-order valence-electron chi connectivity index (χ1n) is 7.47. The maximum atomic E-state index is 12.3. The van der Waals surface area contributed by atoms with Crippen molar-refractivity contribution in [3.8, 4) is 0 Å². The van der Waals surface area contributed by atoms with Gasteiger partial charge in [0.25, 0.3) is 0 Å². The molecule has 1 unspecified atom stereocenters. The highest BCUT2D eigenvalue weighted by Gasteiger charge is 2.27. The Kier molecular flexibility index (Phi) is 4.82. The number of amides is 2. The van der Waals surface area contributed by atoms with Crippen LogP contribution in [-0.4, -0.2) is 45.6 Å². The van der Waals surface area contributed by atoms with Crippen LogP contribution in [0.1, 0.15) is 28.3 Å². The van der Waals surface area contributed by atoms with Crippen molar-refractivity contribution >= 4 is 17.4 Å². The van der Waals surface area contributed by atoms with Gasteiger partial charge in [-0.05, 0) is 19.9 Å². The molecule has 7 nitrogen and oxygen atoms in total. The average Bonchev–Trinajstić information content (AvgIpc) is 2.99. The zero-order valence-electron chi connectivity index (χ0n) is 13.2. The van der Waals surface area contributed by atoms with Crippen LogP contribution in [0, 0.1) is 13.8 Å². The molecule has 3 heterocycles. The van der Waals surface area contributed by atoms with Crippen LogP contribution in [0.25, 0.3) is 0 Å². The molecule has 1 saturated heterocycles. The Morgan fingerprint density at radius 2 is 2.35 bits per heavy atom. The van der Waals surface area contributed by atoms with E-state index in [4.69, 9.17) is 4.74 Å². The van der Waals surface area contributed by atoms with Crippen molar-refractivity contribution in [2.24, 2.45) is 0 Å². The van der Waals surface area contributed by atoms with Crippen LogP contribution in [0.2, 0.25) is 0 Å². The van der Waals surface area contributed by atoms with Crippen LogP contribution in [0.5, 0.6) is 0 Å². The Bertz CT molecular complexity index is 690. The lowest BCUT2D eigenvalue weighted by atomic mass is 10.3. The van der Waals surface area contributed by atoms with Gasteiger partial charge in [-0.2, -0.15) is 0 Å². The third-order valence-electron chi connectivity index (χ3n) is 3.52. The Labute approximate surface area is 138 Å². The van der Waals surface area contributed by atoms with E-state index in [9.17, 15) is 4.79 Å². The maximum Gasteiger partial charge on any atom is 0.317 e. The molecule has 0 bridgehead atoms. The van der Waals surface area contributed by atoms with Gasteiger partial charge in [0.05, 0.1) is 25.4 Å². The van der Waals surface area contributed by atoms with E-state index >= 15 is 0 Å². The fraction of sp³-hybridized carbons (Fsp3) is 0.467. The van der Waals surface area contributed by atoms with Crippen LogP contribution in [-0.2, 0) is 11.3 Å². The van der Waals surface area contributed by atoms with E-state index < -0.39 is 0 Å². The Hall–Kier alpha value is -2.06. The number of carbonyl (C=O) groups excluding carboxylic acids is 1. The lowest BCUT2D eigenvalue weighted by Gasteiger charge is -2.32. The molecule has 3 rings (SSSR count). The van der Waals surface area contributed by atoms with Gasteiger partial charge in [0, 0.05) is 23.8 Å². The van der Waals surface area contributed by atoms with Gasteiger partial charge >= 0.3 is 6.03 Å². The molecular formula is C15H19N5O2S. The van der Waals surface area contributed by atoms with Crippen molar-refractivity contribution in [1.29, 1.82) is 0 Å². The quantitative estimate of drug-likeness (QED) is 0.927. The van der Waals surface area contributed by atoms with Crippen molar-refractivity contribution in [2.45, 2.75) is 26.5 Å². The fourth-order valence-electron chi connectivity index (χ4n) is 2.38. The summed E-state index contributed by atoms with van der Waals surface area (Å²) in [4.78, 5) is 26.9. The molecule has 0 radical (unpaired) electrons. The Morgan fingerprint density at radius 1 is 1.48 bits per heavy atom. The number of hydrogen-bond acceptors (Lipinski definition) is 6. The molecule has 23 heavy (non-hydrogen) atoms. The topological polar surface area (TPSA) is 80.2 Å². The lowest BCUT2D eigenvalue weighted by molar-refractivity contribution is -0.0156. The molecule has 0 aromatic carbocycles. The van der Waals surface area contributed by atoms with Crippen molar-refractivity contribution in [1.82, 2.24) is 25.2 Å². The van der Waals surface area contributed by atoms with E-state index in [0.29, 0.717) is 32.1 Å². The van der Waals surface area contributed by atoms with Crippen LogP contribution in [0.3, 0.4) is 0 Å². The molecule has 0 spiro atoms. The third kappa shape index (κ3) is 4.02. The Balaban J connectivity index is 1.56. The second-order valence-electron chi connectivity index (χ2n) is 5.39. The molecule has 8 heteroatoms. The minimum absolute atomic E-state index is 0.108. The normalized spacial score (nSPS) is 18.0. The molecule has 122 valence electrons. The van der Waals surface area contributed by atoms with Crippen LogP contribution < -0.4 is 5.32 Å². The predicted octanol–water partition coefficient (Wildman–Crippen LogP) is 1.83. The van der Waals surface area contributed by atoms with Crippen LogP contribution in [0.15, 0.2) is 17.6 Å². The fourth-order valence-corrected chi connectivity index (χ4v) is 3.22. The molecular weight excluding hydrogens is 314 g/mol. The average molecular weight is 333 g/mol. The first-order chi connectivity index (χ1) is 11.1. The van der Waals surface area contributed by atoms with E-state index in [2.05, 4.69) is 20.3 Å². The summed E-state index contributed by atoms with van der Waals surface area (Å²) in [5.41, 5.74) is 1.78. The number of thiazole rings is 1. The summed E-state index contributed by atoms with van der Waals surface area (Å²) < 4.78 is 5.74. The molecule has 1 aliphatic rings. The number of ether oxygens (including phenoxy) is 1. The summed E-state index contributed by atoms with van der Waals surface area (Å²) in [6.45, 7) is 5.78. The summed E-state index contributed by atoms with van der Waals surface area (Å²) in [5, 5.41) is 5.82. The number of hydrogen-bond donors (Lipinski definition) is 1. The van der Waals surface area contributed by atoms with Gasteiger partial charge in [-0.3, -0.25) is 0 Å². The monoisotopic (exact) mass is 333 g/mol. The standard InChI is InChI=1S/C15H19N5O2S/c1-10-9-23-14(18-10)13-8-20(5-6-22-13)15(21)17-7-12-3-4-16-11(2)19-12/h3-4,9,13H,5-8H2,1-2H3,(H,17,21). The van der Waals surface area contributed by atoms with Crippen molar-refractivity contribution in [3.63, 3.8) is 0 Å². The molecule has 1 fully saturated rings. The highest BCUT2D eigenvalue weighted by Crippen LogP contribution is 2.25. The maximum absolute atomic E-state index is 12.3. The van der Waals surface area contributed by atoms with Gasteiger partial charge in [-0.25, -0.2) is 19.7 Å². The molecule has 0 aliphatic carbocycles. The number of urea groups is 1. The molecule has 0 saturated carbocycles. The lowest BCUT2D eigenvalue weighted by Crippen LogP contribution is -2.47.